The fourth-order valence-corrected chi connectivity index (χ4v) is 1.43. The summed E-state index contributed by atoms with van der Waals surface area (Å²) in [5, 5.41) is 24.8. The van der Waals surface area contributed by atoms with Gasteiger partial charge in [0.15, 0.2) is 0 Å². The predicted octanol–water partition coefficient (Wildman–Crippen LogP) is -1.46. The van der Waals surface area contributed by atoms with Gasteiger partial charge in [0.2, 0.25) is 0 Å². The van der Waals surface area contributed by atoms with E-state index < -0.39 is 22.7 Å². The molecule has 0 aromatic heterocycles. The van der Waals surface area contributed by atoms with Gasteiger partial charge in [-0.05, 0) is 6.42 Å². The molecule has 0 aliphatic heterocycles. The molecular formula is C5H15NO6S. The van der Waals surface area contributed by atoms with Gasteiger partial charge >= 0.3 is 5.97 Å². The third-order valence-corrected chi connectivity index (χ3v) is 2.27. The van der Waals surface area contributed by atoms with Gasteiger partial charge in [-0.1, -0.05) is 6.92 Å². The van der Waals surface area contributed by atoms with Gasteiger partial charge < -0.3 is 21.5 Å². The minimum atomic E-state index is -3.74. The monoisotopic (exact) mass is 217 g/mol. The number of hydrogen-bond donors (Lipinski definition) is 4. The van der Waals surface area contributed by atoms with E-state index in [0.717, 1.165) is 0 Å². The first-order valence-corrected chi connectivity index (χ1v) is 4.89. The standard InChI is InChI=1S/C5H12O6S.H3N/c1-2-3-12(9,10)11-4-5(6,7)8;/h6-8H,2-4H2,1H3;1H3. The van der Waals surface area contributed by atoms with Gasteiger partial charge in [-0.25, -0.2) is 0 Å². The molecule has 0 saturated heterocycles. The summed E-state index contributed by atoms with van der Waals surface area (Å²) in [6, 6.07) is 0. The van der Waals surface area contributed by atoms with Crippen molar-refractivity contribution in [1.82, 2.24) is 6.15 Å². The van der Waals surface area contributed by atoms with E-state index in [2.05, 4.69) is 4.18 Å². The van der Waals surface area contributed by atoms with Crippen LogP contribution in [0.2, 0.25) is 0 Å². The summed E-state index contributed by atoms with van der Waals surface area (Å²) in [4.78, 5) is 0. The van der Waals surface area contributed by atoms with E-state index in [1.165, 1.54) is 0 Å². The highest BCUT2D eigenvalue weighted by Gasteiger charge is 2.22. The topological polar surface area (TPSA) is 139 Å². The Labute approximate surface area is 76.7 Å². The SMILES string of the molecule is CCCS(=O)(=O)OCC(O)(O)O.N. The van der Waals surface area contributed by atoms with E-state index in [0.29, 0.717) is 6.42 Å². The summed E-state index contributed by atoms with van der Waals surface area (Å²) < 4.78 is 25.5. The lowest BCUT2D eigenvalue weighted by atomic mass is 10.6. The Bertz CT molecular complexity index is 218. The van der Waals surface area contributed by atoms with Crippen LogP contribution >= 0.6 is 0 Å². The Hall–Kier alpha value is -0.250. The summed E-state index contributed by atoms with van der Waals surface area (Å²) in [5.41, 5.74) is 0. The van der Waals surface area contributed by atoms with Crippen LogP contribution in [0.25, 0.3) is 0 Å². The third-order valence-electron chi connectivity index (χ3n) is 0.886. The largest absolute Gasteiger partial charge is 0.344 e. The molecule has 0 fully saturated rings. The van der Waals surface area contributed by atoms with E-state index in [1.54, 1.807) is 6.92 Å². The van der Waals surface area contributed by atoms with Gasteiger partial charge in [-0.15, -0.1) is 0 Å². The van der Waals surface area contributed by atoms with Crippen LogP contribution in [0.4, 0.5) is 0 Å². The molecule has 0 atom stereocenters. The highest BCUT2D eigenvalue weighted by atomic mass is 32.2. The minimum Gasteiger partial charge on any atom is -0.344 e. The molecule has 6 N–H and O–H groups in total. The first-order chi connectivity index (χ1) is 5.27. The first kappa shape index (κ1) is 15.2. The second-order valence-corrected chi connectivity index (χ2v) is 4.06. The maximum Gasteiger partial charge on any atom is 0.301 e. The lowest BCUT2D eigenvalue weighted by Crippen LogP contribution is -2.34. The molecule has 0 aromatic rings. The Balaban J connectivity index is 0. The molecule has 8 heteroatoms. The van der Waals surface area contributed by atoms with Crippen LogP contribution in [0.1, 0.15) is 13.3 Å². The molecule has 0 aliphatic rings. The predicted molar refractivity (Wildman–Crippen MR) is 44.4 cm³/mol. The van der Waals surface area contributed by atoms with Crippen molar-refractivity contribution in [2.24, 2.45) is 0 Å². The van der Waals surface area contributed by atoms with E-state index in [9.17, 15) is 8.42 Å². The van der Waals surface area contributed by atoms with Crippen LogP contribution in [-0.4, -0.2) is 42.1 Å². The molecule has 0 spiro atoms. The van der Waals surface area contributed by atoms with Gasteiger partial charge in [0.25, 0.3) is 10.1 Å². The third kappa shape index (κ3) is 9.67. The van der Waals surface area contributed by atoms with Crippen molar-refractivity contribution in [3.05, 3.63) is 0 Å². The normalized spacial score (nSPS) is 12.3. The molecule has 0 radical (unpaired) electrons. The Morgan fingerprint density at radius 1 is 1.31 bits per heavy atom. The van der Waals surface area contributed by atoms with E-state index in [4.69, 9.17) is 15.3 Å². The zero-order chi connectivity index (χ0) is 9.83. The molecule has 7 nitrogen and oxygen atoms in total. The van der Waals surface area contributed by atoms with Crippen LogP contribution < -0.4 is 6.15 Å². The molecule has 0 heterocycles. The number of rotatable bonds is 5. The van der Waals surface area contributed by atoms with Crippen molar-refractivity contribution in [1.29, 1.82) is 0 Å². The molecule has 0 unspecified atom stereocenters. The molecule has 0 aromatic carbocycles. The van der Waals surface area contributed by atoms with Crippen molar-refractivity contribution < 1.29 is 27.9 Å². The van der Waals surface area contributed by atoms with Crippen LogP contribution in [0.15, 0.2) is 0 Å². The van der Waals surface area contributed by atoms with Crippen molar-refractivity contribution in [3.8, 4) is 0 Å². The fraction of sp³-hybridized carbons (Fsp3) is 1.00. The Morgan fingerprint density at radius 3 is 2.08 bits per heavy atom. The minimum absolute atomic E-state index is 0. The zero-order valence-electron chi connectivity index (χ0n) is 7.30. The van der Waals surface area contributed by atoms with Crippen molar-refractivity contribution in [2.75, 3.05) is 12.4 Å². The molecule has 82 valence electrons. The summed E-state index contributed by atoms with van der Waals surface area (Å²) >= 11 is 0. The maximum absolute atomic E-state index is 10.7. The average molecular weight is 217 g/mol. The summed E-state index contributed by atoms with van der Waals surface area (Å²) in [5.74, 6) is -3.32. The molecule has 13 heavy (non-hydrogen) atoms. The highest BCUT2D eigenvalue weighted by Crippen LogP contribution is 2.00. The lowest BCUT2D eigenvalue weighted by Gasteiger charge is -2.13. The van der Waals surface area contributed by atoms with Crippen LogP contribution in [-0.2, 0) is 14.3 Å². The Morgan fingerprint density at radius 2 is 1.77 bits per heavy atom. The molecule has 0 aliphatic carbocycles. The quantitative estimate of drug-likeness (QED) is 0.326. The smallest absolute Gasteiger partial charge is 0.301 e. The molecule has 0 rings (SSSR count). The molecular weight excluding hydrogens is 202 g/mol. The Kier molecular flexibility index (Phi) is 6.41. The second kappa shape index (κ2) is 5.47. The van der Waals surface area contributed by atoms with Crippen LogP contribution in [0.3, 0.4) is 0 Å². The number of hydrogen-bond acceptors (Lipinski definition) is 7. The van der Waals surface area contributed by atoms with Crippen LogP contribution in [0, 0.1) is 0 Å². The molecule has 0 amide bonds. The van der Waals surface area contributed by atoms with E-state index in [1.807, 2.05) is 0 Å². The summed E-state index contributed by atoms with van der Waals surface area (Å²) in [6.07, 6.45) is 0.359. The lowest BCUT2D eigenvalue weighted by molar-refractivity contribution is -0.322. The highest BCUT2D eigenvalue weighted by molar-refractivity contribution is 7.86. The van der Waals surface area contributed by atoms with Gasteiger partial charge in [-0.2, -0.15) is 8.42 Å². The van der Waals surface area contributed by atoms with Crippen molar-refractivity contribution in [3.63, 3.8) is 0 Å². The molecule has 0 saturated carbocycles. The van der Waals surface area contributed by atoms with Gasteiger partial charge in [0.1, 0.15) is 6.61 Å². The van der Waals surface area contributed by atoms with Gasteiger partial charge in [0.05, 0.1) is 5.75 Å². The first-order valence-electron chi connectivity index (χ1n) is 3.31. The number of aliphatic hydroxyl groups is 3. The summed E-state index contributed by atoms with van der Waals surface area (Å²) in [7, 11) is -3.74. The van der Waals surface area contributed by atoms with Crippen molar-refractivity contribution in [2.45, 2.75) is 19.3 Å². The fourth-order valence-electron chi connectivity index (χ4n) is 0.478. The van der Waals surface area contributed by atoms with Gasteiger partial charge in [0, 0.05) is 0 Å². The average Bonchev–Trinajstić information content (AvgIpc) is 1.83. The van der Waals surface area contributed by atoms with E-state index >= 15 is 0 Å². The second-order valence-electron chi connectivity index (χ2n) is 2.30. The van der Waals surface area contributed by atoms with Gasteiger partial charge in [-0.3, -0.25) is 4.18 Å². The van der Waals surface area contributed by atoms with E-state index in [-0.39, 0.29) is 11.9 Å². The molecule has 0 bridgehead atoms. The summed E-state index contributed by atoms with van der Waals surface area (Å²) in [6.45, 7) is 0.556. The van der Waals surface area contributed by atoms with Crippen LogP contribution in [0.5, 0.6) is 0 Å². The van der Waals surface area contributed by atoms with Crippen molar-refractivity contribution >= 4 is 10.1 Å². The maximum atomic E-state index is 10.7. The zero-order valence-corrected chi connectivity index (χ0v) is 8.12.